The van der Waals surface area contributed by atoms with Gasteiger partial charge in [-0.05, 0) is 6.42 Å². The number of likely N-dealkylation sites (N-methyl/N-ethyl adjacent to an activating group) is 1. The summed E-state index contributed by atoms with van der Waals surface area (Å²) in [6, 6.07) is 0. The monoisotopic (exact) mass is 249 g/mol. The van der Waals surface area contributed by atoms with E-state index in [0.717, 1.165) is 6.42 Å². The van der Waals surface area contributed by atoms with Crippen molar-refractivity contribution in [3.63, 3.8) is 0 Å². The number of carbonyl (C=O) groups excluding carboxylic acids is 1. The Labute approximate surface area is 102 Å². The fourth-order valence-corrected chi connectivity index (χ4v) is 1.10. The van der Waals surface area contributed by atoms with Crippen molar-refractivity contribution >= 4 is 11.9 Å². The molecule has 6 nitrogen and oxygen atoms in total. The molecule has 1 atom stereocenters. The average Bonchev–Trinajstić information content (AvgIpc) is 1.97. The van der Waals surface area contributed by atoms with Gasteiger partial charge < -0.3 is 24.6 Å². The average molecular weight is 249 g/mol. The van der Waals surface area contributed by atoms with E-state index in [9.17, 15) is 14.7 Å². The first-order valence-electron chi connectivity index (χ1n) is 5.48. The van der Waals surface area contributed by atoms with E-state index < -0.39 is 18.0 Å². The van der Waals surface area contributed by atoms with Crippen LogP contribution in [0.25, 0.3) is 0 Å². The number of quaternary nitrogens is 1. The van der Waals surface area contributed by atoms with Crippen molar-refractivity contribution in [3.05, 3.63) is 0 Å². The molecule has 0 aromatic rings. The zero-order valence-electron chi connectivity index (χ0n) is 11.0. The molecule has 0 saturated carbocycles. The van der Waals surface area contributed by atoms with E-state index in [-0.39, 0.29) is 6.42 Å². The van der Waals surface area contributed by atoms with Crippen LogP contribution in [0.3, 0.4) is 0 Å². The van der Waals surface area contributed by atoms with Gasteiger partial charge >= 0.3 is 5.97 Å². The Morgan fingerprint density at radius 3 is 1.94 bits per heavy atom. The number of hydrogen-bond donors (Lipinski definition) is 2. The topological polar surface area (TPSA) is 97.7 Å². The number of carboxylic acids is 2. The molecule has 0 unspecified atom stereocenters. The summed E-state index contributed by atoms with van der Waals surface area (Å²) in [7, 11) is 5.66. The van der Waals surface area contributed by atoms with Crippen LogP contribution >= 0.6 is 0 Å². The van der Waals surface area contributed by atoms with Crippen LogP contribution in [0.4, 0.5) is 0 Å². The molecule has 0 spiro atoms. The van der Waals surface area contributed by atoms with Gasteiger partial charge in [0.25, 0.3) is 0 Å². The van der Waals surface area contributed by atoms with Crippen LogP contribution in [0, 0.1) is 0 Å². The third-order valence-corrected chi connectivity index (χ3v) is 1.62. The lowest BCUT2D eigenvalue weighted by molar-refractivity contribution is -0.873. The smallest absolute Gasteiger partial charge is 0.303 e. The van der Waals surface area contributed by atoms with Gasteiger partial charge in [0.05, 0.1) is 21.1 Å². The molecule has 0 amide bonds. The van der Waals surface area contributed by atoms with Crippen molar-refractivity contribution in [2.75, 3.05) is 27.7 Å². The Balaban J connectivity index is 0. The van der Waals surface area contributed by atoms with Crippen LogP contribution in [-0.2, 0) is 9.59 Å². The SMILES string of the molecule is CCCC(=O)O.C[N+](C)(C)C[C@H](O)CC(=O)[O-]. The molecule has 0 heterocycles. The van der Waals surface area contributed by atoms with Crippen LogP contribution in [-0.4, -0.2) is 60.4 Å². The highest BCUT2D eigenvalue weighted by atomic mass is 16.4. The largest absolute Gasteiger partial charge is 0.550 e. The highest BCUT2D eigenvalue weighted by molar-refractivity contribution is 5.66. The van der Waals surface area contributed by atoms with Gasteiger partial charge in [-0.3, -0.25) is 4.79 Å². The lowest BCUT2D eigenvalue weighted by atomic mass is 10.2. The van der Waals surface area contributed by atoms with Crippen molar-refractivity contribution in [3.8, 4) is 0 Å². The minimum Gasteiger partial charge on any atom is -0.550 e. The molecule has 102 valence electrons. The molecule has 6 heteroatoms. The highest BCUT2D eigenvalue weighted by Gasteiger charge is 2.14. The van der Waals surface area contributed by atoms with Crippen molar-refractivity contribution in [1.29, 1.82) is 0 Å². The van der Waals surface area contributed by atoms with Crippen LogP contribution in [0.1, 0.15) is 26.2 Å². The van der Waals surface area contributed by atoms with Gasteiger partial charge in [0.15, 0.2) is 0 Å². The molecule has 0 aliphatic heterocycles. The van der Waals surface area contributed by atoms with Gasteiger partial charge in [-0.1, -0.05) is 6.92 Å². The third kappa shape index (κ3) is 20.8. The molecular formula is C11H23NO5. The fraction of sp³-hybridized carbons (Fsp3) is 0.818. The molecule has 0 bridgehead atoms. The molecule has 0 aliphatic carbocycles. The number of rotatable bonds is 6. The molecule has 0 saturated heterocycles. The Morgan fingerprint density at radius 1 is 1.29 bits per heavy atom. The molecule has 0 aliphatic rings. The lowest BCUT2D eigenvalue weighted by Gasteiger charge is -2.26. The second-order valence-electron chi connectivity index (χ2n) is 4.85. The molecular weight excluding hydrogens is 226 g/mol. The zero-order valence-corrected chi connectivity index (χ0v) is 11.0. The zero-order chi connectivity index (χ0) is 14.1. The Bertz CT molecular complexity index is 235. The molecule has 2 N–H and O–H groups in total. The van der Waals surface area contributed by atoms with Crippen LogP contribution < -0.4 is 5.11 Å². The molecule has 0 aromatic heterocycles. The number of aliphatic hydroxyl groups excluding tert-OH is 1. The molecule has 17 heavy (non-hydrogen) atoms. The number of aliphatic hydroxyl groups is 1. The maximum absolute atomic E-state index is 10.0. The molecule has 0 fully saturated rings. The van der Waals surface area contributed by atoms with Crippen molar-refractivity contribution in [1.82, 2.24) is 0 Å². The van der Waals surface area contributed by atoms with E-state index >= 15 is 0 Å². The molecule has 0 rings (SSSR count). The lowest BCUT2D eigenvalue weighted by Crippen LogP contribution is -2.43. The predicted octanol–water partition coefficient (Wildman–Crippen LogP) is -0.935. The minimum absolute atomic E-state index is 0.282. The van der Waals surface area contributed by atoms with E-state index in [1.165, 1.54) is 0 Å². The summed E-state index contributed by atoms with van der Waals surface area (Å²) in [5.74, 6) is -1.91. The van der Waals surface area contributed by atoms with Crippen LogP contribution in [0.5, 0.6) is 0 Å². The number of nitrogens with zero attached hydrogens (tertiary/aromatic N) is 1. The normalized spacial score (nSPS) is 12.3. The summed E-state index contributed by atoms with van der Waals surface area (Å²) in [6.07, 6.45) is -0.0646. The summed E-state index contributed by atoms with van der Waals surface area (Å²) in [5, 5.41) is 27.0. The fourth-order valence-electron chi connectivity index (χ4n) is 1.10. The van der Waals surface area contributed by atoms with E-state index in [1.807, 2.05) is 28.1 Å². The first-order chi connectivity index (χ1) is 7.58. The first-order valence-corrected chi connectivity index (χ1v) is 5.48. The number of carboxylic acid groups (broad SMARTS) is 2. The summed E-state index contributed by atoms with van der Waals surface area (Å²) in [5.41, 5.74) is 0. The van der Waals surface area contributed by atoms with Crippen molar-refractivity contribution in [2.24, 2.45) is 0 Å². The maximum Gasteiger partial charge on any atom is 0.303 e. The van der Waals surface area contributed by atoms with Crippen molar-refractivity contribution < 1.29 is 29.4 Å². The maximum atomic E-state index is 10.0. The van der Waals surface area contributed by atoms with Gasteiger partial charge in [0.1, 0.15) is 12.6 Å². The number of hydrogen-bond acceptors (Lipinski definition) is 4. The van der Waals surface area contributed by atoms with Gasteiger partial charge in [0, 0.05) is 18.8 Å². The van der Waals surface area contributed by atoms with E-state index in [0.29, 0.717) is 17.4 Å². The third-order valence-electron chi connectivity index (χ3n) is 1.62. The van der Waals surface area contributed by atoms with Gasteiger partial charge in [-0.15, -0.1) is 0 Å². The summed E-state index contributed by atoms with van der Waals surface area (Å²) in [4.78, 5) is 19.6. The number of aliphatic carboxylic acids is 2. The first kappa shape index (κ1) is 18.2. The second kappa shape index (κ2) is 8.95. The number of carbonyl (C=O) groups is 2. The van der Waals surface area contributed by atoms with Gasteiger partial charge in [-0.2, -0.15) is 0 Å². The Hall–Kier alpha value is -1.14. The summed E-state index contributed by atoms with van der Waals surface area (Å²) in [6.45, 7) is 2.27. The van der Waals surface area contributed by atoms with Gasteiger partial charge in [-0.25, -0.2) is 0 Å². The standard InChI is InChI=1S/C7H15NO3.C4H8O2/c1-8(2,3)5-6(9)4-7(10)11;1-2-3-4(5)6/h6,9H,4-5H2,1-3H3;2-3H2,1H3,(H,5,6)/t6-;/m1./s1. The minimum atomic E-state index is -1.20. The second-order valence-corrected chi connectivity index (χ2v) is 4.85. The summed E-state index contributed by atoms with van der Waals surface area (Å²) >= 11 is 0. The van der Waals surface area contributed by atoms with E-state index in [2.05, 4.69) is 0 Å². The predicted molar refractivity (Wildman–Crippen MR) is 61.1 cm³/mol. The molecule has 0 aromatic carbocycles. The molecule has 0 radical (unpaired) electrons. The quantitative estimate of drug-likeness (QED) is 0.592. The van der Waals surface area contributed by atoms with Crippen LogP contribution in [0.15, 0.2) is 0 Å². The highest BCUT2D eigenvalue weighted by Crippen LogP contribution is 1.97. The van der Waals surface area contributed by atoms with Crippen molar-refractivity contribution in [2.45, 2.75) is 32.3 Å². The van der Waals surface area contributed by atoms with Crippen LogP contribution in [0.2, 0.25) is 0 Å². The Morgan fingerprint density at radius 2 is 1.76 bits per heavy atom. The Kier molecular flexibility index (Phi) is 9.60. The summed E-state index contributed by atoms with van der Waals surface area (Å²) < 4.78 is 0.550. The van der Waals surface area contributed by atoms with E-state index in [1.54, 1.807) is 0 Å². The van der Waals surface area contributed by atoms with E-state index in [4.69, 9.17) is 10.2 Å². The van der Waals surface area contributed by atoms with Gasteiger partial charge in [0.2, 0.25) is 0 Å².